The minimum atomic E-state index is -1.03. The highest BCUT2D eigenvalue weighted by Gasteiger charge is 2.13. The minimum absolute atomic E-state index is 0.00200. The molecule has 0 radical (unpaired) electrons. The van der Waals surface area contributed by atoms with Gasteiger partial charge in [-0.25, -0.2) is 4.79 Å². The summed E-state index contributed by atoms with van der Waals surface area (Å²) in [6, 6.07) is 0. The molecule has 1 aromatic rings. The maximum Gasteiger partial charge on any atom is 0.358 e. The highest BCUT2D eigenvalue weighted by molar-refractivity contribution is 7.99. The Morgan fingerprint density at radius 3 is 3.17 bits per heavy atom. The highest BCUT2D eigenvalue weighted by Crippen LogP contribution is 2.24. The molecule has 0 aliphatic carbocycles. The summed E-state index contributed by atoms with van der Waals surface area (Å²) in [6.45, 7) is 2.46. The fraction of sp³-hybridized carbons (Fsp3) is 0.727. The first-order chi connectivity index (χ1) is 8.75. The van der Waals surface area contributed by atoms with E-state index in [1.165, 1.54) is 31.2 Å². The first-order valence-electron chi connectivity index (χ1n) is 6.21. The van der Waals surface area contributed by atoms with Crippen molar-refractivity contribution in [2.75, 3.05) is 18.8 Å². The van der Waals surface area contributed by atoms with E-state index in [1.807, 2.05) is 11.8 Å². The number of carbonyl (C=O) groups is 1. The third-order valence-electron chi connectivity index (χ3n) is 2.92. The highest BCUT2D eigenvalue weighted by atomic mass is 32.2. The van der Waals surface area contributed by atoms with Crippen LogP contribution >= 0.6 is 11.8 Å². The summed E-state index contributed by atoms with van der Waals surface area (Å²) in [6.07, 6.45) is 5.44. The molecule has 1 aromatic heterocycles. The fourth-order valence-corrected chi connectivity index (χ4v) is 3.20. The molecule has 0 amide bonds. The smallest absolute Gasteiger partial charge is 0.358 e. The molecule has 1 saturated heterocycles. The van der Waals surface area contributed by atoms with E-state index in [0.29, 0.717) is 6.54 Å². The second-order valence-electron chi connectivity index (χ2n) is 4.36. The number of thioether (sulfide) groups is 1. The van der Waals surface area contributed by atoms with Crippen molar-refractivity contribution in [1.29, 1.82) is 0 Å². The van der Waals surface area contributed by atoms with Gasteiger partial charge in [0, 0.05) is 18.3 Å². The average Bonchev–Trinajstić information content (AvgIpc) is 2.85. The molecule has 18 heavy (non-hydrogen) atoms. The molecule has 2 rings (SSSR count). The standard InChI is InChI=1S/C11H18N4O2S/c16-11(17)10-8-15(14-13-10)5-4-12-7-9-3-1-2-6-18-9/h8-9,12H,1-7H2,(H,16,17). The molecular weight excluding hydrogens is 252 g/mol. The maximum absolute atomic E-state index is 10.6. The van der Waals surface area contributed by atoms with Gasteiger partial charge in [0.05, 0.1) is 12.7 Å². The molecule has 1 fully saturated rings. The molecule has 0 aromatic carbocycles. The lowest BCUT2D eigenvalue weighted by Gasteiger charge is -2.21. The van der Waals surface area contributed by atoms with E-state index in [1.54, 1.807) is 4.68 Å². The fourth-order valence-electron chi connectivity index (χ4n) is 1.93. The van der Waals surface area contributed by atoms with Gasteiger partial charge >= 0.3 is 5.97 Å². The van der Waals surface area contributed by atoms with E-state index in [9.17, 15) is 4.79 Å². The third-order valence-corrected chi connectivity index (χ3v) is 4.32. The van der Waals surface area contributed by atoms with E-state index in [4.69, 9.17) is 5.11 Å². The Kier molecular flexibility index (Phi) is 5.00. The molecule has 0 saturated carbocycles. The molecule has 2 N–H and O–H groups in total. The molecular formula is C11H18N4O2S. The van der Waals surface area contributed by atoms with E-state index in [2.05, 4.69) is 15.6 Å². The molecule has 2 heterocycles. The second kappa shape index (κ2) is 6.75. The number of hydrogen-bond acceptors (Lipinski definition) is 5. The van der Waals surface area contributed by atoms with Gasteiger partial charge in [-0.05, 0) is 18.6 Å². The van der Waals surface area contributed by atoms with E-state index >= 15 is 0 Å². The Bertz CT molecular complexity index is 390. The van der Waals surface area contributed by atoms with Gasteiger partial charge in [-0.1, -0.05) is 11.6 Å². The van der Waals surface area contributed by atoms with Crippen LogP contribution in [0.1, 0.15) is 29.8 Å². The van der Waals surface area contributed by atoms with Crippen LogP contribution in [0, 0.1) is 0 Å². The molecule has 1 aliphatic rings. The Morgan fingerprint density at radius 2 is 2.50 bits per heavy atom. The monoisotopic (exact) mass is 270 g/mol. The average molecular weight is 270 g/mol. The molecule has 7 heteroatoms. The van der Waals surface area contributed by atoms with Crippen LogP contribution in [-0.4, -0.2) is 50.2 Å². The first kappa shape index (κ1) is 13.4. The number of rotatable bonds is 6. The zero-order valence-electron chi connectivity index (χ0n) is 10.2. The van der Waals surface area contributed by atoms with Crippen molar-refractivity contribution in [3.8, 4) is 0 Å². The van der Waals surface area contributed by atoms with Crippen LogP contribution in [-0.2, 0) is 6.54 Å². The predicted molar refractivity (Wildman–Crippen MR) is 69.9 cm³/mol. The molecule has 100 valence electrons. The largest absolute Gasteiger partial charge is 0.476 e. The molecule has 1 atom stereocenters. The second-order valence-corrected chi connectivity index (χ2v) is 5.77. The van der Waals surface area contributed by atoms with Crippen molar-refractivity contribution in [2.45, 2.75) is 31.1 Å². The number of aromatic nitrogens is 3. The summed E-state index contributed by atoms with van der Waals surface area (Å²) in [7, 11) is 0. The summed E-state index contributed by atoms with van der Waals surface area (Å²) in [5.74, 6) is 0.241. The van der Waals surface area contributed by atoms with Gasteiger partial charge in [0.1, 0.15) is 0 Å². The van der Waals surface area contributed by atoms with Gasteiger partial charge in [-0.2, -0.15) is 11.8 Å². The topological polar surface area (TPSA) is 80.0 Å². The summed E-state index contributed by atoms with van der Waals surface area (Å²) in [5, 5.41) is 20.1. The number of nitrogens with zero attached hydrogens (tertiary/aromatic N) is 3. The summed E-state index contributed by atoms with van der Waals surface area (Å²) in [5.41, 5.74) is -0.00200. The van der Waals surface area contributed by atoms with Crippen LogP contribution in [0.25, 0.3) is 0 Å². The Morgan fingerprint density at radius 1 is 1.61 bits per heavy atom. The Labute approximate surface area is 110 Å². The van der Waals surface area contributed by atoms with E-state index < -0.39 is 5.97 Å². The van der Waals surface area contributed by atoms with Crippen LogP contribution in [0.3, 0.4) is 0 Å². The Balaban J connectivity index is 1.63. The van der Waals surface area contributed by atoms with Gasteiger partial charge in [0.2, 0.25) is 0 Å². The van der Waals surface area contributed by atoms with Crippen molar-refractivity contribution in [2.24, 2.45) is 0 Å². The van der Waals surface area contributed by atoms with Gasteiger partial charge < -0.3 is 10.4 Å². The van der Waals surface area contributed by atoms with E-state index in [-0.39, 0.29) is 5.69 Å². The zero-order valence-corrected chi connectivity index (χ0v) is 11.0. The van der Waals surface area contributed by atoms with Crippen molar-refractivity contribution < 1.29 is 9.90 Å². The zero-order chi connectivity index (χ0) is 12.8. The third kappa shape index (κ3) is 3.99. The van der Waals surface area contributed by atoms with Gasteiger partial charge in [-0.3, -0.25) is 4.68 Å². The lowest BCUT2D eigenvalue weighted by Crippen LogP contribution is -2.29. The first-order valence-corrected chi connectivity index (χ1v) is 7.26. The molecule has 0 spiro atoms. The number of hydrogen-bond donors (Lipinski definition) is 2. The molecule has 1 aliphatic heterocycles. The van der Waals surface area contributed by atoms with Crippen LogP contribution in [0.5, 0.6) is 0 Å². The normalized spacial score (nSPS) is 19.9. The van der Waals surface area contributed by atoms with Gasteiger partial charge in [-0.15, -0.1) is 5.10 Å². The van der Waals surface area contributed by atoms with Crippen LogP contribution < -0.4 is 5.32 Å². The van der Waals surface area contributed by atoms with Crippen LogP contribution in [0.2, 0.25) is 0 Å². The summed E-state index contributed by atoms with van der Waals surface area (Å²) in [4.78, 5) is 10.6. The maximum atomic E-state index is 10.6. The number of carboxylic acid groups (broad SMARTS) is 1. The minimum Gasteiger partial charge on any atom is -0.476 e. The number of nitrogens with one attached hydrogen (secondary N) is 1. The lowest BCUT2D eigenvalue weighted by molar-refractivity contribution is 0.0690. The van der Waals surface area contributed by atoms with Crippen LogP contribution in [0.15, 0.2) is 6.20 Å². The Hall–Kier alpha value is -1.08. The van der Waals surface area contributed by atoms with Crippen molar-refractivity contribution in [1.82, 2.24) is 20.3 Å². The number of aromatic carboxylic acids is 1. The summed E-state index contributed by atoms with van der Waals surface area (Å²) < 4.78 is 1.56. The van der Waals surface area contributed by atoms with Crippen molar-refractivity contribution >= 4 is 17.7 Å². The summed E-state index contributed by atoms with van der Waals surface area (Å²) >= 11 is 2.04. The predicted octanol–water partition coefficient (Wildman–Crippen LogP) is 0.852. The quantitative estimate of drug-likeness (QED) is 0.746. The SMILES string of the molecule is O=C(O)c1cn(CCNCC2CCCCS2)nn1. The number of carboxylic acids is 1. The van der Waals surface area contributed by atoms with Crippen molar-refractivity contribution in [3.05, 3.63) is 11.9 Å². The van der Waals surface area contributed by atoms with Gasteiger partial charge in [0.15, 0.2) is 5.69 Å². The van der Waals surface area contributed by atoms with Crippen LogP contribution in [0.4, 0.5) is 0 Å². The molecule has 1 unspecified atom stereocenters. The van der Waals surface area contributed by atoms with Crippen molar-refractivity contribution in [3.63, 3.8) is 0 Å². The molecule has 0 bridgehead atoms. The lowest BCUT2D eigenvalue weighted by atomic mass is 10.2. The van der Waals surface area contributed by atoms with E-state index in [0.717, 1.165) is 18.3 Å². The molecule has 6 nitrogen and oxygen atoms in total. The van der Waals surface area contributed by atoms with Gasteiger partial charge in [0.25, 0.3) is 0 Å².